The zero-order chi connectivity index (χ0) is 15.1. The van der Waals surface area contributed by atoms with Gasteiger partial charge >= 0.3 is 0 Å². The summed E-state index contributed by atoms with van der Waals surface area (Å²) in [6.07, 6.45) is 6.46. The highest BCUT2D eigenvalue weighted by Gasteiger charge is 2.36. The number of likely N-dealkylation sites (tertiary alicyclic amines) is 1. The van der Waals surface area contributed by atoms with Gasteiger partial charge in [0.1, 0.15) is 5.76 Å². The van der Waals surface area contributed by atoms with Gasteiger partial charge in [-0.1, -0.05) is 5.21 Å². The van der Waals surface area contributed by atoms with E-state index in [1.165, 1.54) is 12.8 Å². The van der Waals surface area contributed by atoms with E-state index in [1.807, 2.05) is 19.4 Å². The third-order valence-electron chi connectivity index (χ3n) is 4.55. The predicted octanol–water partition coefficient (Wildman–Crippen LogP) is 1.29. The normalized spacial score (nSPS) is 25.9. The summed E-state index contributed by atoms with van der Waals surface area (Å²) in [6.45, 7) is 2.47. The van der Waals surface area contributed by atoms with Crippen molar-refractivity contribution in [3.8, 4) is 0 Å². The van der Waals surface area contributed by atoms with Gasteiger partial charge in [-0.25, -0.2) is 4.98 Å². The highest BCUT2D eigenvalue weighted by Crippen LogP contribution is 2.40. The van der Waals surface area contributed by atoms with Gasteiger partial charge < -0.3 is 9.15 Å². The molecule has 1 aliphatic heterocycles. The van der Waals surface area contributed by atoms with Crippen LogP contribution in [0.1, 0.15) is 42.0 Å². The minimum atomic E-state index is 0.134. The highest BCUT2D eigenvalue weighted by molar-refractivity contribution is 5.11. The van der Waals surface area contributed by atoms with Crippen LogP contribution in [0.4, 0.5) is 0 Å². The van der Waals surface area contributed by atoms with Crippen molar-refractivity contribution in [2.24, 2.45) is 7.05 Å². The maximum Gasteiger partial charge on any atom is 0.208 e. The molecule has 22 heavy (non-hydrogen) atoms. The smallest absolute Gasteiger partial charge is 0.208 e. The molecule has 1 saturated carbocycles. The van der Waals surface area contributed by atoms with E-state index < -0.39 is 0 Å². The lowest BCUT2D eigenvalue weighted by molar-refractivity contribution is 0.0948. The topological polar surface area (TPSA) is 69.2 Å². The molecule has 0 amide bonds. The molecule has 4 rings (SSSR count). The van der Waals surface area contributed by atoms with E-state index in [1.54, 1.807) is 11.8 Å². The van der Waals surface area contributed by atoms with E-state index >= 15 is 0 Å². The number of ether oxygens (including phenoxy) is 1. The van der Waals surface area contributed by atoms with Crippen molar-refractivity contribution < 1.29 is 9.15 Å². The summed E-state index contributed by atoms with van der Waals surface area (Å²) >= 11 is 0. The Morgan fingerprint density at radius 2 is 2.23 bits per heavy atom. The molecule has 2 atom stereocenters. The monoisotopic (exact) mass is 303 g/mol. The lowest BCUT2D eigenvalue weighted by atomic mass is 10.0. The number of rotatable bonds is 5. The summed E-state index contributed by atoms with van der Waals surface area (Å²) in [5.74, 6) is 2.70. The van der Waals surface area contributed by atoms with Crippen LogP contribution in [0, 0.1) is 0 Å². The first kappa shape index (κ1) is 13.9. The molecular weight excluding hydrogens is 282 g/mol. The molecule has 1 aliphatic carbocycles. The first-order valence-corrected chi connectivity index (χ1v) is 7.79. The summed E-state index contributed by atoms with van der Waals surface area (Å²) in [6, 6.07) is 0. The molecule has 2 aliphatic rings. The number of hydrogen-bond acceptors (Lipinski definition) is 6. The second-order valence-electron chi connectivity index (χ2n) is 6.32. The summed E-state index contributed by atoms with van der Waals surface area (Å²) in [5.41, 5.74) is 0.989. The van der Waals surface area contributed by atoms with E-state index in [0.717, 1.165) is 37.0 Å². The van der Waals surface area contributed by atoms with Crippen LogP contribution in [0.2, 0.25) is 0 Å². The lowest BCUT2D eigenvalue weighted by Crippen LogP contribution is -2.22. The molecule has 2 fully saturated rings. The Bertz CT molecular complexity index is 648. The van der Waals surface area contributed by atoms with Gasteiger partial charge in [0, 0.05) is 45.3 Å². The van der Waals surface area contributed by atoms with Gasteiger partial charge in [0.05, 0.1) is 24.5 Å². The molecule has 0 N–H and O–H groups in total. The number of aryl methyl sites for hydroxylation is 1. The van der Waals surface area contributed by atoms with Gasteiger partial charge in [-0.3, -0.25) is 9.58 Å². The minimum Gasteiger partial charge on any atom is -0.444 e. The molecule has 0 aromatic carbocycles. The summed E-state index contributed by atoms with van der Waals surface area (Å²) in [5, 5.41) is 8.27. The van der Waals surface area contributed by atoms with Crippen LogP contribution in [0.25, 0.3) is 0 Å². The maximum atomic E-state index is 5.86. The largest absolute Gasteiger partial charge is 0.444 e. The van der Waals surface area contributed by atoms with Crippen molar-refractivity contribution in [3.05, 3.63) is 29.7 Å². The number of nitrogens with zero attached hydrogens (tertiary/aromatic N) is 5. The summed E-state index contributed by atoms with van der Waals surface area (Å²) in [4.78, 5) is 6.73. The average molecular weight is 303 g/mol. The zero-order valence-corrected chi connectivity index (χ0v) is 13.0. The first-order valence-electron chi connectivity index (χ1n) is 7.79. The first-order chi connectivity index (χ1) is 10.7. The fraction of sp³-hybridized carbons (Fsp3) is 0.667. The van der Waals surface area contributed by atoms with Crippen LogP contribution in [0.3, 0.4) is 0 Å². The van der Waals surface area contributed by atoms with Crippen molar-refractivity contribution in [2.75, 3.05) is 20.2 Å². The average Bonchev–Trinajstić information content (AvgIpc) is 2.93. The van der Waals surface area contributed by atoms with Crippen molar-refractivity contribution >= 4 is 0 Å². The van der Waals surface area contributed by atoms with E-state index in [-0.39, 0.29) is 12.0 Å². The fourth-order valence-corrected chi connectivity index (χ4v) is 3.18. The van der Waals surface area contributed by atoms with Crippen LogP contribution in [-0.4, -0.2) is 51.2 Å². The van der Waals surface area contributed by atoms with Gasteiger partial charge in [0.2, 0.25) is 5.89 Å². The van der Waals surface area contributed by atoms with E-state index in [9.17, 15) is 0 Å². The SMILES string of the molecule is CO[C@@H]1CN(Cc2ncc(C3CC3)o2)C[C@H]1c1cn(C)nn1. The Morgan fingerprint density at radius 3 is 2.91 bits per heavy atom. The lowest BCUT2D eigenvalue weighted by Gasteiger charge is -2.13. The number of methoxy groups -OCH3 is 1. The predicted molar refractivity (Wildman–Crippen MR) is 78.3 cm³/mol. The van der Waals surface area contributed by atoms with Gasteiger partial charge in [-0.15, -0.1) is 5.10 Å². The van der Waals surface area contributed by atoms with E-state index in [2.05, 4.69) is 20.2 Å². The number of oxazole rings is 1. The molecule has 0 unspecified atom stereocenters. The standard InChI is InChI=1S/C15H21N5O2/c1-19-7-12(17-18-19)11-6-20(8-14(11)21-2)9-15-16-5-13(22-15)10-3-4-10/h5,7,10-11,14H,3-4,6,8-9H2,1-2H3/t11-,14+/m0/s1. The van der Waals surface area contributed by atoms with E-state index in [0.29, 0.717) is 5.92 Å². The van der Waals surface area contributed by atoms with Crippen molar-refractivity contribution in [1.29, 1.82) is 0 Å². The molecule has 2 aromatic rings. The quantitative estimate of drug-likeness (QED) is 0.829. The minimum absolute atomic E-state index is 0.134. The molecule has 7 nitrogen and oxygen atoms in total. The molecule has 0 bridgehead atoms. The Hall–Kier alpha value is -1.73. The van der Waals surface area contributed by atoms with Crippen LogP contribution in [0.15, 0.2) is 16.8 Å². The number of hydrogen-bond donors (Lipinski definition) is 0. The van der Waals surface area contributed by atoms with Crippen molar-refractivity contribution in [2.45, 2.75) is 37.3 Å². The van der Waals surface area contributed by atoms with Crippen LogP contribution in [0.5, 0.6) is 0 Å². The zero-order valence-electron chi connectivity index (χ0n) is 13.0. The van der Waals surface area contributed by atoms with Crippen LogP contribution < -0.4 is 0 Å². The molecule has 0 spiro atoms. The van der Waals surface area contributed by atoms with Crippen molar-refractivity contribution in [3.63, 3.8) is 0 Å². The van der Waals surface area contributed by atoms with Gasteiger partial charge in [-0.05, 0) is 12.8 Å². The third-order valence-corrected chi connectivity index (χ3v) is 4.55. The van der Waals surface area contributed by atoms with Gasteiger partial charge in [0.15, 0.2) is 0 Å². The summed E-state index contributed by atoms with van der Waals surface area (Å²) in [7, 11) is 3.64. The Balaban J connectivity index is 1.44. The van der Waals surface area contributed by atoms with Gasteiger partial charge in [-0.2, -0.15) is 0 Å². The number of aromatic nitrogens is 4. The molecule has 2 aromatic heterocycles. The van der Waals surface area contributed by atoms with Crippen LogP contribution >= 0.6 is 0 Å². The Labute approximate surface area is 129 Å². The second-order valence-corrected chi connectivity index (χ2v) is 6.32. The fourth-order valence-electron chi connectivity index (χ4n) is 3.18. The van der Waals surface area contributed by atoms with Crippen LogP contribution in [-0.2, 0) is 18.3 Å². The second kappa shape index (κ2) is 5.48. The molecular formula is C15H21N5O2. The molecule has 7 heteroatoms. The Morgan fingerprint density at radius 1 is 1.36 bits per heavy atom. The maximum absolute atomic E-state index is 5.86. The van der Waals surface area contributed by atoms with Gasteiger partial charge in [0.25, 0.3) is 0 Å². The Kier molecular flexibility index (Phi) is 3.46. The molecule has 1 saturated heterocycles. The van der Waals surface area contributed by atoms with Crippen molar-refractivity contribution in [1.82, 2.24) is 24.9 Å². The summed E-state index contributed by atoms with van der Waals surface area (Å²) < 4.78 is 13.2. The molecule has 0 radical (unpaired) electrons. The molecule has 118 valence electrons. The van der Waals surface area contributed by atoms with E-state index in [4.69, 9.17) is 9.15 Å². The molecule has 3 heterocycles. The third kappa shape index (κ3) is 2.66. The highest BCUT2D eigenvalue weighted by atomic mass is 16.5.